The van der Waals surface area contributed by atoms with E-state index < -0.39 is 0 Å². The second-order valence-corrected chi connectivity index (χ2v) is 4.47. The third-order valence-corrected chi connectivity index (χ3v) is 3.05. The smallest absolute Gasteiger partial charge is 0.248 e. The number of hydrogen-bond donors (Lipinski definition) is 2. The van der Waals surface area contributed by atoms with E-state index in [-0.39, 0.29) is 11.8 Å². The number of allylic oxidation sites excluding steroid dienone is 4. The van der Waals surface area contributed by atoms with Crippen molar-refractivity contribution in [2.45, 2.75) is 12.8 Å². The molecule has 98 valence electrons. The van der Waals surface area contributed by atoms with E-state index in [1.807, 2.05) is 18.2 Å². The van der Waals surface area contributed by atoms with Gasteiger partial charge in [-0.25, -0.2) is 0 Å². The summed E-state index contributed by atoms with van der Waals surface area (Å²) in [5, 5.41) is 2.83. The summed E-state index contributed by atoms with van der Waals surface area (Å²) in [5.41, 5.74) is 6.63. The molecule has 2 amide bonds. The number of nitrogens with two attached hydrogens (primary N) is 1. The molecule has 1 aliphatic carbocycles. The van der Waals surface area contributed by atoms with Crippen molar-refractivity contribution in [1.29, 1.82) is 0 Å². The zero-order chi connectivity index (χ0) is 13.7. The van der Waals surface area contributed by atoms with Crippen LogP contribution in [-0.2, 0) is 4.79 Å². The zero-order valence-electron chi connectivity index (χ0n) is 10.5. The summed E-state index contributed by atoms with van der Waals surface area (Å²) in [5.74, 6) is 0.244. The van der Waals surface area contributed by atoms with Gasteiger partial charge < -0.3 is 11.1 Å². The lowest BCUT2D eigenvalue weighted by Gasteiger charge is -2.09. The van der Waals surface area contributed by atoms with E-state index in [2.05, 4.69) is 11.4 Å². The normalized spacial score (nSPS) is 19.7. The molecular formula is C15H16N2O2. The van der Waals surface area contributed by atoms with E-state index in [0.717, 1.165) is 12.1 Å². The molecule has 2 aliphatic rings. The van der Waals surface area contributed by atoms with Gasteiger partial charge in [0.1, 0.15) is 0 Å². The molecule has 1 aromatic carbocycles. The largest absolute Gasteiger partial charge is 0.366 e. The van der Waals surface area contributed by atoms with Gasteiger partial charge in [0, 0.05) is 23.6 Å². The van der Waals surface area contributed by atoms with Crippen LogP contribution in [0.5, 0.6) is 0 Å². The Labute approximate surface area is 112 Å². The Morgan fingerprint density at radius 3 is 2.58 bits per heavy atom. The Bertz CT molecular complexity index is 532. The first-order valence-corrected chi connectivity index (χ1v) is 6.18. The lowest BCUT2D eigenvalue weighted by atomic mass is 9.97. The van der Waals surface area contributed by atoms with E-state index >= 15 is 0 Å². The molecule has 1 saturated heterocycles. The molecule has 1 unspecified atom stereocenters. The molecule has 0 bridgehead atoms. The fourth-order valence-corrected chi connectivity index (χ4v) is 2.05. The molecule has 0 saturated carbocycles. The molecule has 3 N–H and O–H groups in total. The van der Waals surface area contributed by atoms with Gasteiger partial charge in [0.2, 0.25) is 11.8 Å². The molecule has 19 heavy (non-hydrogen) atoms. The van der Waals surface area contributed by atoms with Gasteiger partial charge in [-0.05, 0) is 24.6 Å². The molecule has 1 aliphatic heterocycles. The molecule has 1 heterocycles. The topological polar surface area (TPSA) is 72.2 Å². The van der Waals surface area contributed by atoms with Crippen LogP contribution < -0.4 is 11.1 Å². The van der Waals surface area contributed by atoms with Crippen LogP contribution in [0.3, 0.4) is 0 Å². The summed E-state index contributed by atoms with van der Waals surface area (Å²) in [6, 6.07) is 8.76. The maximum Gasteiger partial charge on any atom is 0.248 e. The maximum absolute atomic E-state index is 10.8. The van der Waals surface area contributed by atoms with Gasteiger partial charge in [-0.3, -0.25) is 9.59 Å². The number of benzene rings is 1. The van der Waals surface area contributed by atoms with Crippen molar-refractivity contribution in [3.63, 3.8) is 0 Å². The van der Waals surface area contributed by atoms with Crippen molar-refractivity contribution in [3.8, 4) is 0 Å². The summed E-state index contributed by atoms with van der Waals surface area (Å²) in [7, 11) is 0. The van der Waals surface area contributed by atoms with Gasteiger partial charge in [-0.2, -0.15) is 0 Å². The number of amides is 2. The van der Waals surface area contributed by atoms with Crippen molar-refractivity contribution < 1.29 is 9.59 Å². The van der Waals surface area contributed by atoms with Crippen LogP contribution in [0.25, 0.3) is 0 Å². The highest BCUT2D eigenvalue weighted by molar-refractivity contribution is 5.92. The minimum Gasteiger partial charge on any atom is -0.366 e. The average molecular weight is 256 g/mol. The summed E-state index contributed by atoms with van der Waals surface area (Å²) < 4.78 is 0. The number of carbonyl (C=O) groups excluding carboxylic acids is 2. The Morgan fingerprint density at radius 1 is 1.26 bits per heavy atom. The van der Waals surface area contributed by atoms with Crippen LogP contribution in [0.2, 0.25) is 0 Å². The highest BCUT2D eigenvalue weighted by atomic mass is 16.2. The Kier molecular flexibility index (Phi) is 4.13. The second-order valence-electron chi connectivity index (χ2n) is 4.47. The molecule has 0 aromatic heterocycles. The minimum atomic E-state index is -0.379. The first kappa shape index (κ1) is 13.1. The predicted octanol–water partition coefficient (Wildman–Crippen LogP) is 1.75. The SMILES string of the molecule is NC(=O)c1ccccc1.O=C1CC2CC=CC=C2N1. The van der Waals surface area contributed by atoms with Crippen LogP contribution >= 0.6 is 0 Å². The van der Waals surface area contributed by atoms with Gasteiger partial charge >= 0.3 is 0 Å². The van der Waals surface area contributed by atoms with Crippen molar-refractivity contribution in [2.75, 3.05) is 0 Å². The second kappa shape index (κ2) is 6.00. The van der Waals surface area contributed by atoms with E-state index in [4.69, 9.17) is 5.73 Å². The van der Waals surface area contributed by atoms with Crippen LogP contribution in [0.1, 0.15) is 23.2 Å². The third kappa shape index (κ3) is 3.55. The third-order valence-electron chi connectivity index (χ3n) is 3.05. The van der Waals surface area contributed by atoms with Gasteiger partial charge in [0.25, 0.3) is 0 Å². The summed E-state index contributed by atoms with van der Waals surface area (Å²) >= 11 is 0. The first-order chi connectivity index (χ1) is 9.16. The zero-order valence-corrected chi connectivity index (χ0v) is 10.5. The fourth-order valence-electron chi connectivity index (χ4n) is 2.05. The van der Waals surface area contributed by atoms with E-state index in [0.29, 0.717) is 17.9 Å². The van der Waals surface area contributed by atoms with Crippen molar-refractivity contribution in [1.82, 2.24) is 5.32 Å². The van der Waals surface area contributed by atoms with E-state index in [1.165, 1.54) is 0 Å². The first-order valence-electron chi connectivity index (χ1n) is 6.18. The molecule has 4 nitrogen and oxygen atoms in total. The number of hydrogen-bond acceptors (Lipinski definition) is 2. The average Bonchev–Trinajstić information content (AvgIpc) is 2.80. The van der Waals surface area contributed by atoms with Crippen molar-refractivity contribution >= 4 is 11.8 Å². The molecule has 3 rings (SSSR count). The Balaban J connectivity index is 0.000000141. The number of fused-ring (bicyclic) bond motifs is 1. The fraction of sp³-hybridized carbons (Fsp3) is 0.200. The Morgan fingerprint density at radius 2 is 2.00 bits per heavy atom. The van der Waals surface area contributed by atoms with Crippen LogP contribution in [0, 0.1) is 5.92 Å². The predicted molar refractivity (Wildman–Crippen MR) is 73.0 cm³/mol. The number of rotatable bonds is 1. The molecule has 0 radical (unpaired) electrons. The van der Waals surface area contributed by atoms with Crippen molar-refractivity contribution in [3.05, 3.63) is 59.8 Å². The molecule has 4 heteroatoms. The molecule has 0 spiro atoms. The van der Waals surface area contributed by atoms with Gasteiger partial charge in [0.05, 0.1) is 0 Å². The highest BCUT2D eigenvalue weighted by Crippen LogP contribution is 2.26. The molecular weight excluding hydrogens is 240 g/mol. The number of carbonyl (C=O) groups is 2. The highest BCUT2D eigenvalue weighted by Gasteiger charge is 2.26. The van der Waals surface area contributed by atoms with Gasteiger partial charge in [-0.1, -0.05) is 30.4 Å². The van der Waals surface area contributed by atoms with Crippen LogP contribution in [-0.4, -0.2) is 11.8 Å². The van der Waals surface area contributed by atoms with Crippen LogP contribution in [0.15, 0.2) is 54.3 Å². The number of primary amides is 1. The summed E-state index contributed by atoms with van der Waals surface area (Å²) in [6.45, 7) is 0. The van der Waals surface area contributed by atoms with Crippen molar-refractivity contribution in [2.24, 2.45) is 11.7 Å². The van der Waals surface area contributed by atoms with E-state index in [1.54, 1.807) is 24.3 Å². The quantitative estimate of drug-likeness (QED) is 0.803. The number of nitrogens with one attached hydrogen (secondary N) is 1. The maximum atomic E-state index is 10.8. The van der Waals surface area contributed by atoms with Crippen LogP contribution in [0.4, 0.5) is 0 Å². The standard InChI is InChI=1S/C8H9NO.C7H7NO/c10-8-5-6-3-1-2-4-7(6)9-8;8-7(9)6-4-2-1-3-5-6/h1-2,4,6H,3,5H2,(H,9,10);1-5H,(H2,8,9). The summed E-state index contributed by atoms with van der Waals surface area (Å²) in [4.78, 5) is 21.3. The Hall–Kier alpha value is -2.36. The lowest BCUT2D eigenvalue weighted by Crippen LogP contribution is -2.12. The van der Waals surface area contributed by atoms with E-state index in [9.17, 15) is 9.59 Å². The molecule has 1 aromatic rings. The minimum absolute atomic E-state index is 0.167. The monoisotopic (exact) mass is 256 g/mol. The molecule has 1 atom stereocenters. The molecule has 1 fully saturated rings. The lowest BCUT2D eigenvalue weighted by molar-refractivity contribution is -0.119. The van der Waals surface area contributed by atoms with Gasteiger partial charge in [0.15, 0.2) is 0 Å². The van der Waals surface area contributed by atoms with Gasteiger partial charge in [-0.15, -0.1) is 0 Å². The summed E-state index contributed by atoms with van der Waals surface area (Å²) in [6.07, 6.45) is 7.78.